The van der Waals surface area contributed by atoms with Crippen LogP contribution in [-0.2, 0) is 0 Å². The third kappa shape index (κ3) is 3.69. The molecule has 0 spiro atoms. The molecule has 0 atom stereocenters. The Hall–Kier alpha value is -2.60. The van der Waals surface area contributed by atoms with E-state index in [9.17, 15) is 4.39 Å². The van der Waals surface area contributed by atoms with Gasteiger partial charge in [-0.2, -0.15) is 0 Å². The zero-order valence-electron chi connectivity index (χ0n) is 16.0. The molecule has 1 aliphatic carbocycles. The lowest BCUT2D eigenvalue weighted by molar-refractivity contribution is 0.403. The van der Waals surface area contributed by atoms with Gasteiger partial charge >= 0.3 is 0 Å². The molecule has 1 heterocycles. The predicted octanol–water partition coefficient (Wildman–Crippen LogP) is 5.72. The standard InChI is InChI=1S/C22H23FN2O2S/c1-26-18-11-12-21(27-2)19(13-18)20-14-28-22(25(20)17-5-3-4-6-17)24-16-9-7-15(23)8-10-16/h7-14,17H,3-6H2,1-2H3. The van der Waals surface area contributed by atoms with Crippen LogP contribution in [-0.4, -0.2) is 18.8 Å². The summed E-state index contributed by atoms with van der Waals surface area (Å²) >= 11 is 1.60. The van der Waals surface area contributed by atoms with Crippen molar-refractivity contribution in [1.82, 2.24) is 4.57 Å². The van der Waals surface area contributed by atoms with Crippen molar-refractivity contribution in [2.24, 2.45) is 4.99 Å². The van der Waals surface area contributed by atoms with Gasteiger partial charge < -0.3 is 14.0 Å². The third-order valence-corrected chi connectivity index (χ3v) is 6.01. The van der Waals surface area contributed by atoms with Gasteiger partial charge in [0, 0.05) is 17.0 Å². The molecule has 146 valence electrons. The van der Waals surface area contributed by atoms with Crippen LogP contribution in [0.5, 0.6) is 11.5 Å². The molecule has 4 rings (SSSR count). The summed E-state index contributed by atoms with van der Waals surface area (Å²) in [6.07, 6.45) is 4.70. The zero-order chi connectivity index (χ0) is 19.5. The van der Waals surface area contributed by atoms with Gasteiger partial charge in [-0.15, -0.1) is 11.3 Å². The number of hydrogen-bond acceptors (Lipinski definition) is 4. The lowest BCUT2D eigenvalue weighted by atomic mass is 10.1. The number of ether oxygens (including phenoxy) is 2. The van der Waals surface area contributed by atoms with E-state index in [1.165, 1.54) is 25.0 Å². The molecule has 1 aromatic heterocycles. The van der Waals surface area contributed by atoms with Crippen molar-refractivity contribution in [1.29, 1.82) is 0 Å². The van der Waals surface area contributed by atoms with Crippen LogP contribution in [0.15, 0.2) is 52.8 Å². The van der Waals surface area contributed by atoms with Gasteiger partial charge in [-0.3, -0.25) is 0 Å². The Morgan fingerprint density at radius 1 is 1.04 bits per heavy atom. The number of aromatic nitrogens is 1. The largest absolute Gasteiger partial charge is 0.497 e. The Bertz CT molecular complexity index is 1020. The minimum atomic E-state index is -0.254. The molecular formula is C22H23FN2O2S. The Morgan fingerprint density at radius 2 is 1.79 bits per heavy atom. The number of thiazole rings is 1. The molecule has 1 fully saturated rings. The van der Waals surface area contributed by atoms with E-state index in [1.807, 2.05) is 18.2 Å². The maximum absolute atomic E-state index is 13.3. The molecule has 0 unspecified atom stereocenters. The number of methoxy groups -OCH3 is 2. The predicted molar refractivity (Wildman–Crippen MR) is 110 cm³/mol. The number of hydrogen-bond donors (Lipinski definition) is 0. The van der Waals surface area contributed by atoms with Gasteiger partial charge in [-0.05, 0) is 55.3 Å². The van der Waals surface area contributed by atoms with Crippen LogP contribution >= 0.6 is 11.3 Å². The minimum Gasteiger partial charge on any atom is -0.497 e. The van der Waals surface area contributed by atoms with Crippen molar-refractivity contribution < 1.29 is 13.9 Å². The molecule has 0 radical (unpaired) electrons. The molecule has 0 amide bonds. The molecule has 1 saturated carbocycles. The fourth-order valence-corrected chi connectivity index (χ4v) is 4.73. The average Bonchev–Trinajstić information content (AvgIpc) is 3.38. The quantitative estimate of drug-likeness (QED) is 0.551. The second kappa shape index (κ2) is 8.19. The Morgan fingerprint density at radius 3 is 2.46 bits per heavy atom. The first-order valence-corrected chi connectivity index (χ1v) is 10.3. The molecule has 6 heteroatoms. The Kier molecular flexibility index (Phi) is 5.48. The fraction of sp³-hybridized carbons (Fsp3) is 0.318. The summed E-state index contributed by atoms with van der Waals surface area (Å²) < 4.78 is 26.6. The van der Waals surface area contributed by atoms with Crippen LogP contribution in [0.4, 0.5) is 10.1 Å². The number of halogens is 1. The summed E-state index contributed by atoms with van der Waals surface area (Å²) in [6, 6.07) is 12.5. The highest BCUT2D eigenvalue weighted by Gasteiger charge is 2.23. The summed E-state index contributed by atoms with van der Waals surface area (Å²) in [7, 11) is 3.35. The Balaban J connectivity index is 1.89. The van der Waals surface area contributed by atoms with E-state index in [4.69, 9.17) is 14.5 Å². The average molecular weight is 399 g/mol. The molecular weight excluding hydrogens is 375 g/mol. The molecule has 28 heavy (non-hydrogen) atoms. The van der Waals surface area contributed by atoms with E-state index in [2.05, 4.69) is 9.95 Å². The molecule has 0 bridgehead atoms. The topological polar surface area (TPSA) is 35.8 Å². The van der Waals surface area contributed by atoms with Crippen molar-refractivity contribution in [3.63, 3.8) is 0 Å². The molecule has 2 aromatic carbocycles. The van der Waals surface area contributed by atoms with Gasteiger partial charge in [-0.1, -0.05) is 12.8 Å². The molecule has 1 aliphatic rings. The van der Waals surface area contributed by atoms with Gasteiger partial charge in [0.1, 0.15) is 17.3 Å². The van der Waals surface area contributed by atoms with Crippen LogP contribution < -0.4 is 14.3 Å². The summed E-state index contributed by atoms with van der Waals surface area (Å²) in [5.74, 6) is 1.34. The number of nitrogens with zero attached hydrogens (tertiary/aromatic N) is 2. The minimum absolute atomic E-state index is 0.254. The number of rotatable bonds is 5. The van der Waals surface area contributed by atoms with Gasteiger partial charge in [0.15, 0.2) is 4.80 Å². The summed E-state index contributed by atoms with van der Waals surface area (Å²) in [4.78, 5) is 5.73. The lowest BCUT2D eigenvalue weighted by Crippen LogP contribution is -2.20. The highest BCUT2D eigenvalue weighted by Crippen LogP contribution is 2.38. The van der Waals surface area contributed by atoms with E-state index in [0.29, 0.717) is 6.04 Å². The maximum Gasteiger partial charge on any atom is 0.190 e. The van der Waals surface area contributed by atoms with Crippen LogP contribution in [0, 0.1) is 5.82 Å². The van der Waals surface area contributed by atoms with Gasteiger partial charge in [0.05, 0.1) is 25.6 Å². The fourth-order valence-electron chi connectivity index (χ4n) is 3.75. The van der Waals surface area contributed by atoms with Crippen LogP contribution in [0.25, 0.3) is 11.3 Å². The molecule has 4 nitrogen and oxygen atoms in total. The van der Waals surface area contributed by atoms with Gasteiger partial charge in [-0.25, -0.2) is 9.38 Å². The Labute approximate surface area is 167 Å². The first-order valence-electron chi connectivity index (χ1n) is 9.42. The highest BCUT2D eigenvalue weighted by atomic mass is 32.1. The first kappa shape index (κ1) is 18.7. The molecule has 0 saturated heterocycles. The zero-order valence-corrected chi connectivity index (χ0v) is 16.8. The normalized spacial score (nSPS) is 15.2. The van der Waals surface area contributed by atoms with Crippen LogP contribution in [0.1, 0.15) is 31.7 Å². The van der Waals surface area contributed by atoms with Crippen LogP contribution in [0.3, 0.4) is 0 Å². The van der Waals surface area contributed by atoms with Crippen molar-refractivity contribution >= 4 is 17.0 Å². The van der Waals surface area contributed by atoms with E-state index in [-0.39, 0.29) is 5.82 Å². The molecule has 3 aromatic rings. The van der Waals surface area contributed by atoms with Crippen molar-refractivity contribution in [2.75, 3.05) is 14.2 Å². The van der Waals surface area contributed by atoms with E-state index >= 15 is 0 Å². The van der Waals surface area contributed by atoms with Crippen molar-refractivity contribution in [3.8, 4) is 22.8 Å². The van der Waals surface area contributed by atoms with E-state index < -0.39 is 0 Å². The lowest BCUT2D eigenvalue weighted by Gasteiger charge is -2.18. The molecule has 0 N–H and O–H groups in total. The van der Waals surface area contributed by atoms with Crippen molar-refractivity contribution in [3.05, 3.63) is 58.5 Å². The second-order valence-corrected chi connectivity index (χ2v) is 7.70. The third-order valence-electron chi connectivity index (χ3n) is 5.17. The van der Waals surface area contributed by atoms with Crippen molar-refractivity contribution in [2.45, 2.75) is 31.7 Å². The highest BCUT2D eigenvalue weighted by molar-refractivity contribution is 7.07. The first-order chi connectivity index (χ1) is 13.7. The van der Waals surface area contributed by atoms with Gasteiger partial charge in [0.25, 0.3) is 0 Å². The smallest absolute Gasteiger partial charge is 0.190 e. The second-order valence-electron chi connectivity index (χ2n) is 6.87. The maximum atomic E-state index is 13.3. The summed E-state index contributed by atoms with van der Waals surface area (Å²) in [6.45, 7) is 0. The van der Waals surface area contributed by atoms with Crippen LogP contribution in [0.2, 0.25) is 0 Å². The summed E-state index contributed by atoms with van der Waals surface area (Å²) in [5, 5.41) is 2.12. The van der Waals surface area contributed by atoms with E-state index in [0.717, 1.165) is 46.1 Å². The van der Waals surface area contributed by atoms with Gasteiger partial charge in [0.2, 0.25) is 0 Å². The SMILES string of the molecule is COc1ccc(OC)c(-c2csc(=Nc3ccc(F)cc3)n2C2CCCC2)c1. The monoisotopic (exact) mass is 398 g/mol. The summed E-state index contributed by atoms with van der Waals surface area (Å²) in [5.41, 5.74) is 2.82. The molecule has 0 aliphatic heterocycles. The number of benzene rings is 2. The van der Waals surface area contributed by atoms with E-state index in [1.54, 1.807) is 37.7 Å².